The second kappa shape index (κ2) is 9.70. The quantitative estimate of drug-likeness (QED) is 0.340. The lowest BCUT2D eigenvalue weighted by Crippen LogP contribution is -2.00. The smallest absolute Gasteiger partial charge is 0.224 e. The van der Waals surface area contributed by atoms with Gasteiger partial charge in [0.1, 0.15) is 0 Å². The number of methoxy groups -OCH3 is 2. The molecule has 36 heavy (non-hydrogen) atoms. The van der Waals surface area contributed by atoms with Crippen LogP contribution in [0.1, 0.15) is 35.4 Å². The summed E-state index contributed by atoms with van der Waals surface area (Å²) in [5, 5.41) is 9.33. The molecule has 0 N–H and O–H groups in total. The number of nitrogens with zero attached hydrogens (tertiary/aromatic N) is 4. The lowest BCUT2D eigenvalue weighted by molar-refractivity contribution is -0.111. The maximum absolute atomic E-state index is 13.4. The van der Waals surface area contributed by atoms with Gasteiger partial charge in [-0.3, -0.25) is 4.79 Å². The third-order valence-corrected chi connectivity index (χ3v) is 6.40. The molecule has 0 amide bonds. The number of rotatable bonds is 6. The van der Waals surface area contributed by atoms with Crippen molar-refractivity contribution in [3.05, 3.63) is 94.3 Å². The normalized spacial score (nSPS) is 15.7. The van der Waals surface area contributed by atoms with E-state index in [-0.39, 0.29) is 5.78 Å². The monoisotopic (exact) mass is 480 g/mol. The molecule has 0 unspecified atom stereocenters. The molecule has 0 spiro atoms. The molecule has 7 nitrogen and oxygen atoms in total. The van der Waals surface area contributed by atoms with Gasteiger partial charge in [0.15, 0.2) is 5.78 Å². The third-order valence-electron chi connectivity index (χ3n) is 6.40. The molecule has 0 saturated heterocycles. The van der Waals surface area contributed by atoms with Gasteiger partial charge in [-0.25, -0.2) is 9.36 Å². The number of Topliss-reactive ketones (excluding diaryl/α,β-unsaturated/α-hetero) is 1. The molecule has 1 aliphatic carbocycles. The largest absolute Gasteiger partial charge is 0.480 e. The molecule has 2 aromatic heterocycles. The molecule has 5 rings (SSSR count). The predicted molar refractivity (Wildman–Crippen MR) is 140 cm³/mol. The van der Waals surface area contributed by atoms with Crippen molar-refractivity contribution in [2.75, 3.05) is 14.2 Å². The number of hydrogen-bond acceptors (Lipinski definition) is 5. The molecule has 2 heterocycles. The molecule has 4 aromatic rings. The van der Waals surface area contributed by atoms with Crippen LogP contribution in [-0.4, -0.2) is 39.6 Å². The summed E-state index contributed by atoms with van der Waals surface area (Å²) in [6, 6.07) is 19.6. The summed E-state index contributed by atoms with van der Waals surface area (Å²) >= 11 is 0. The van der Waals surface area contributed by atoms with Crippen molar-refractivity contribution in [1.82, 2.24) is 19.6 Å². The minimum atomic E-state index is 0.0258. The molecule has 0 atom stereocenters. The van der Waals surface area contributed by atoms with Crippen molar-refractivity contribution in [1.29, 1.82) is 0 Å². The van der Waals surface area contributed by atoms with Gasteiger partial charge in [-0.1, -0.05) is 36.4 Å². The zero-order valence-electron chi connectivity index (χ0n) is 20.9. The van der Waals surface area contributed by atoms with Crippen LogP contribution in [-0.2, 0) is 4.79 Å². The van der Waals surface area contributed by atoms with Crippen LogP contribution in [0, 0.1) is 13.8 Å². The molecular weight excluding hydrogens is 452 g/mol. The molecule has 1 fully saturated rings. The van der Waals surface area contributed by atoms with Crippen LogP contribution >= 0.6 is 0 Å². The number of aromatic nitrogens is 4. The first-order valence-corrected chi connectivity index (χ1v) is 11.9. The van der Waals surface area contributed by atoms with Crippen molar-refractivity contribution in [2.45, 2.75) is 26.7 Å². The highest BCUT2D eigenvalue weighted by atomic mass is 16.5. The highest BCUT2D eigenvalue weighted by Crippen LogP contribution is 2.36. The minimum Gasteiger partial charge on any atom is -0.480 e. The maximum atomic E-state index is 13.4. The molecule has 0 radical (unpaired) electrons. The molecule has 1 aliphatic rings. The minimum absolute atomic E-state index is 0.0258. The summed E-state index contributed by atoms with van der Waals surface area (Å²) in [5.74, 6) is 1.24. The number of aryl methyl sites for hydroxylation is 2. The van der Waals surface area contributed by atoms with Crippen LogP contribution in [0.15, 0.2) is 71.8 Å². The van der Waals surface area contributed by atoms with Crippen molar-refractivity contribution in [2.24, 2.45) is 0 Å². The number of ether oxygens (including phenoxy) is 2. The number of carbonyl (C=O) groups is 1. The Hall–Kier alpha value is -4.39. The van der Waals surface area contributed by atoms with Crippen molar-refractivity contribution in [3.63, 3.8) is 0 Å². The molecule has 0 aliphatic heterocycles. The van der Waals surface area contributed by atoms with E-state index in [1.807, 2.05) is 86.7 Å². The van der Waals surface area contributed by atoms with E-state index in [1.165, 1.54) is 0 Å². The van der Waals surface area contributed by atoms with Crippen molar-refractivity contribution in [3.8, 4) is 23.1 Å². The van der Waals surface area contributed by atoms with E-state index >= 15 is 0 Å². The Kier molecular flexibility index (Phi) is 6.29. The fourth-order valence-corrected chi connectivity index (χ4v) is 4.58. The van der Waals surface area contributed by atoms with Gasteiger partial charge >= 0.3 is 0 Å². The van der Waals surface area contributed by atoms with Crippen LogP contribution in [0.2, 0.25) is 0 Å². The fraction of sp³-hybridized carbons (Fsp3) is 0.207. The van der Waals surface area contributed by atoms with Crippen LogP contribution < -0.4 is 9.47 Å². The van der Waals surface area contributed by atoms with E-state index in [0.29, 0.717) is 24.6 Å². The first-order chi connectivity index (χ1) is 17.5. The number of allylic oxidation sites excluding steroid dienone is 2. The zero-order valence-corrected chi connectivity index (χ0v) is 20.9. The summed E-state index contributed by atoms with van der Waals surface area (Å²) in [4.78, 5) is 13.4. The highest BCUT2D eigenvalue weighted by molar-refractivity contribution is 6.15. The number of benzene rings is 2. The van der Waals surface area contributed by atoms with E-state index < -0.39 is 0 Å². The van der Waals surface area contributed by atoms with E-state index in [4.69, 9.17) is 9.47 Å². The number of para-hydroxylation sites is 2. The molecule has 1 saturated carbocycles. The standard InChI is InChI=1S/C29H28N4O3/c1-19-25(28(35-3)32(30-19)23-11-7-5-8-12-23)17-21-15-16-22(27(21)34)18-26-20(2)31-33(29(26)36-4)24-13-9-6-10-14-24/h5-14,17-18H,15-16H2,1-4H3/b21-17+,22-18+. The Bertz CT molecular complexity index is 1370. The molecule has 182 valence electrons. The van der Waals surface area contributed by atoms with Gasteiger partial charge in [0.2, 0.25) is 11.8 Å². The topological polar surface area (TPSA) is 71.2 Å². The number of carbonyl (C=O) groups excluding carboxylic acids is 1. The summed E-state index contributed by atoms with van der Waals surface area (Å²) in [6.45, 7) is 3.85. The van der Waals surface area contributed by atoms with Gasteiger partial charge < -0.3 is 9.47 Å². The maximum Gasteiger partial charge on any atom is 0.224 e. The van der Waals surface area contributed by atoms with E-state index in [9.17, 15) is 4.79 Å². The summed E-state index contributed by atoms with van der Waals surface area (Å²) in [7, 11) is 3.25. The van der Waals surface area contributed by atoms with Crippen molar-refractivity contribution >= 4 is 17.9 Å². The Labute approximate surface area is 210 Å². The van der Waals surface area contributed by atoms with E-state index in [0.717, 1.165) is 45.0 Å². The molecular formula is C29H28N4O3. The second-order valence-corrected chi connectivity index (χ2v) is 8.68. The van der Waals surface area contributed by atoms with Crippen LogP contribution in [0.25, 0.3) is 23.5 Å². The molecule has 0 bridgehead atoms. The lowest BCUT2D eigenvalue weighted by atomic mass is 10.1. The average molecular weight is 481 g/mol. The highest BCUT2D eigenvalue weighted by Gasteiger charge is 2.27. The second-order valence-electron chi connectivity index (χ2n) is 8.68. The SMILES string of the molecule is COc1c(/C=C2\CC/C(=C\c3c(C)nn(-c4ccccc4)c3OC)C2=O)c(C)nn1-c1ccccc1. The molecule has 7 heteroatoms. The third kappa shape index (κ3) is 4.13. The first kappa shape index (κ1) is 23.4. The zero-order chi connectivity index (χ0) is 25.2. The first-order valence-electron chi connectivity index (χ1n) is 11.9. The van der Waals surface area contributed by atoms with Gasteiger partial charge in [0.05, 0.1) is 48.1 Å². The lowest BCUT2D eigenvalue weighted by Gasteiger charge is -2.07. The number of hydrogen-bond donors (Lipinski definition) is 0. The van der Waals surface area contributed by atoms with E-state index in [2.05, 4.69) is 10.2 Å². The number of ketones is 1. The van der Waals surface area contributed by atoms with E-state index in [1.54, 1.807) is 23.6 Å². The average Bonchev–Trinajstić information content (AvgIpc) is 3.54. The van der Waals surface area contributed by atoms with Gasteiger partial charge in [-0.2, -0.15) is 10.2 Å². The Morgan fingerprint density at radius 3 is 1.44 bits per heavy atom. The fourth-order valence-electron chi connectivity index (χ4n) is 4.58. The van der Waals surface area contributed by atoms with Crippen LogP contribution in [0.5, 0.6) is 11.8 Å². The summed E-state index contributed by atoms with van der Waals surface area (Å²) in [6.07, 6.45) is 5.14. The van der Waals surface area contributed by atoms with Gasteiger partial charge in [-0.15, -0.1) is 0 Å². The van der Waals surface area contributed by atoms with Crippen molar-refractivity contribution < 1.29 is 14.3 Å². The summed E-state index contributed by atoms with van der Waals surface area (Å²) in [5.41, 5.74) is 6.51. The van der Waals surface area contributed by atoms with Crippen LogP contribution in [0.3, 0.4) is 0 Å². The molecule has 2 aromatic carbocycles. The van der Waals surface area contributed by atoms with Gasteiger partial charge in [0.25, 0.3) is 0 Å². The van der Waals surface area contributed by atoms with Crippen LogP contribution in [0.4, 0.5) is 0 Å². The Morgan fingerprint density at radius 1 is 0.694 bits per heavy atom. The van der Waals surface area contributed by atoms with Gasteiger partial charge in [0, 0.05) is 11.1 Å². The summed E-state index contributed by atoms with van der Waals surface area (Å²) < 4.78 is 15.0. The predicted octanol–water partition coefficient (Wildman–Crippen LogP) is 5.52. The Balaban J connectivity index is 1.50. The van der Waals surface area contributed by atoms with Gasteiger partial charge in [-0.05, 0) is 63.1 Å². The Morgan fingerprint density at radius 2 is 1.08 bits per heavy atom.